The summed E-state index contributed by atoms with van der Waals surface area (Å²) in [5.74, 6) is 2.50. The molecule has 1 aliphatic heterocycles. The van der Waals surface area contributed by atoms with Crippen molar-refractivity contribution < 1.29 is 14.3 Å². The molecule has 0 saturated heterocycles. The van der Waals surface area contributed by atoms with Gasteiger partial charge in [0.05, 0.1) is 13.7 Å². The molecule has 1 aliphatic rings. The minimum Gasteiger partial charge on any atom is -0.497 e. The molecule has 3 rings (SSSR count). The van der Waals surface area contributed by atoms with Crippen molar-refractivity contribution in [3.8, 4) is 11.5 Å². The van der Waals surface area contributed by atoms with Crippen LogP contribution in [0.5, 0.6) is 11.5 Å². The number of carbonyl (C=O) groups excluding carboxylic acids is 1. The highest BCUT2D eigenvalue weighted by molar-refractivity contribution is 14.0. The van der Waals surface area contributed by atoms with Gasteiger partial charge in [-0.3, -0.25) is 9.79 Å². The van der Waals surface area contributed by atoms with Crippen molar-refractivity contribution in [2.75, 3.05) is 33.9 Å². The Balaban J connectivity index is 0.00000341. The lowest BCUT2D eigenvalue weighted by Crippen LogP contribution is -2.40. The molecule has 2 N–H and O–H groups in total. The third-order valence-corrected chi connectivity index (χ3v) is 5.00. The molecule has 0 unspecified atom stereocenters. The quantitative estimate of drug-likeness (QED) is 0.222. The standard InChI is InChI=1S/C23H30N4O3.HI/c1-24-23(26-14-15-30-21-11-9-20(29-2)10-12-21)25-13-5-8-22(28)27-16-18-6-3-4-7-19(18)17-27;/h3-4,6-7,9-12H,5,8,13-17H2,1-2H3,(H2,24,25,26);1H. The Hall–Kier alpha value is -2.49. The van der Waals surface area contributed by atoms with Crippen LogP contribution in [-0.4, -0.2) is 50.6 Å². The fraction of sp³-hybridized carbons (Fsp3) is 0.391. The predicted molar refractivity (Wildman–Crippen MR) is 133 cm³/mol. The minimum absolute atomic E-state index is 0. The molecule has 168 valence electrons. The number of halogens is 1. The molecular weight excluding hydrogens is 507 g/mol. The second-order valence-electron chi connectivity index (χ2n) is 7.07. The number of aliphatic imine (C=N–C) groups is 1. The number of hydrogen-bond donors (Lipinski definition) is 2. The van der Waals surface area contributed by atoms with E-state index in [0.29, 0.717) is 32.1 Å². The highest BCUT2D eigenvalue weighted by Gasteiger charge is 2.22. The summed E-state index contributed by atoms with van der Waals surface area (Å²) in [5, 5.41) is 6.45. The van der Waals surface area contributed by atoms with Crippen LogP contribution in [0.1, 0.15) is 24.0 Å². The van der Waals surface area contributed by atoms with Gasteiger partial charge in [0.25, 0.3) is 0 Å². The molecule has 0 aromatic heterocycles. The highest BCUT2D eigenvalue weighted by atomic mass is 127. The summed E-state index contributed by atoms with van der Waals surface area (Å²) in [4.78, 5) is 18.6. The monoisotopic (exact) mass is 538 g/mol. The molecule has 7 nitrogen and oxygen atoms in total. The van der Waals surface area contributed by atoms with Gasteiger partial charge in [-0.25, -0.2) is 0 Å². The van der Waals surface area contributed by atoms with Gasteiger partial charge >= 0.3 is 0 Å². The SMILES string of the molecule is CN=C(NCCCC(=O)N1Cc2ccccc2C1)NCCOc1ccc(OC)cc1.I. The van der Waals surface area contributed by atoms with Crippen LogP contribution >= 0.6 is 24.0 Å². The molecule has 0 spiro atoms. The van der Waals surface area contributed by atoms with E-state index in [4.69, 9.17) is 9.47 Å². The van der Waals surface area contributed by atoms with Crippen LogP contribution in [0, 0.1) is 0 Å². The minimum atomic E-state index is 0. The van der Waals surface area contributed by atoms with E-state index >= 15 is 0 Å². The lowest BCUT2D eigenvalue weighted by Gasteiger charge is -2.16. The van der Waals surface area contributed by atoms with Gasteiger partial charge in [-0.15, -0.1) is 24.0 Å². The average Bonchev–Trinajstić information content (AvgIpc) is 3.22. The number of ether oxygens (including phenoxy) is 2. The molecule has 0 saturated carbocycles. The maximum atomic E-state index is 12.4. The Morgan fingerprint density at radius 2 is 1.61 bits per heavy atom. The second kappa shape index (κ2) is 13.0. The summed E-state index contributed by atoms with van der Waals surface area (Å²) in [6.45, 7) is 3.27. The van der Waals surface area contributed by atoms with Gasteiger partial charge in [-0.1, -0.05) is 24.3 Å². The highest BCUT2D eigenvalue weighted by Crippen LogP contribution is 2.22. The van der Waals surface area contributed by atoms with Gasteiger partial charge in [0.1, 0.15) is 18.1 Å². The van der Waals surface area contributed by atoms with E-state index in [-0.39, 0.29) is 29.9 Å². The molecule has 0 radical (unpaired) electrons. The van der Waals surface area contributed by atoms with E-state index in [1.54, 1.807) is 14.2 Å². The number of rotatable bonds is 9. The number of amides is 1. The van der Waals surface area contributed by atoms with Gasteiger partial charge in [0.2, 0.25) is 5.91 Å². The number of hydrogen-bond acceptors (Lipinski definition) is 4. The molecule has 2 aromatic rings. The Morgan fingerprint density at radius 3 is 2.23 bits per heavy atom. The average molecular weight is 538 g/mol. The van der Waals surface area contributed by atoms with Crippen LogP contribution in [0.15, 0.2) is 53.5 Å². The summed E-state index contributed by atoms with van der Waals surface area (Å²) >= 11 is 0. The normalized spacial score (nSPS) is 12.6. The van der Waals surface area contributed by atoms with Crippen molar-refractivity contribution in [3.63, 3.8) is 0 Å². The number of methoxy groups -OCH3 is 1. The van der Waals surface area contributed by atoms with Gasteiger partial charge in [0.15, 0.2) is 5.96 Å². The summed E-state index contributed by atoms with van der Waals surface area (Å²) < 4.78 is 10.8. The third-order valence-electron chi connectivity index (χ3n) is 5.00. The van der Waals surface area contributed by atoms with Crippen molar-refractivity contribution in [1.82, 2.24) is 15.5 Å². The van der Waals surface area contributed by atoms with Crippen molar-refractivity contribution in [3.05, 3.63) is 59.7 Å². The topological polar surface area (TPSA) is 75.2 Å². The van der Waals surface area contributed by atoms with Crippen molar-refractivity contribution in [1.29, 1.82) is 0 Å². The predicted octanol–water partition coefficient (Wildman–Crippen LogP) is 3.18. The van der Waals surface area contributed by atoms with Crippen LogP contribution in [0.25, 0.3) is 0 Å². The smallest absolute Gasteiger partial charge is 0.223 e. The first-order valence-electron chi connectivity index (χ1n) is 10.3. The van der Waals surface area contributed by atoms with Crippen LogP contribution in [0.2, 0.25) is 0 Å². The van der Waals surface area contributed by atoms with Crippen molar-refractivity contribution in [2.45, 2.75) is 25.9 Å². The second-order valence-corrected chi connectivity index (χ2v) is 7.07. The summed E-state index contributed by atoms with van der Waals surface area (Å²) in [5.41, 5.74) is 2.51. The Kier molecular flexibility index (Phi) is 10.4. The number of benzene rings is 2. The van der Waals surface area contributed by atoms with Gasteiger partial charge in [-0.05, 0) is 41.8 Å². The first-order valence-corrected chi connectivity index (χ1v) is 10.3. The number of nitrogens with zero attached hydrogens (tertiary/aromatic N) is 2. The number of nitrogens with one attached hydrogen (secondary N) is 2. The van der Waals surface area contributed by atoms with E-state index in [1.807, 2.05) is 41.3 Å². The fourth-order valence-corrected chi connectivity index (χ4v) is 3.34. The Labute approximate surface area is 201 Å². The summed E-state index contributed by atoms with van der Waals surface area (Å²) in [7, 11) is 3.37. The van der Waals surface area contributed by atoms with Crippen LogP contribution in [-0.2, 0) is 17.9 Å². The lowest BCUT2D eigenvalue weighted by atomic mass is 10.1. The molecular formula is C23H31IN4O3. The van der Waals surface area contributed by atoms with E-state index in [0.717, 1.165) is 31.0 Å². The van der Waals surface area contributed by atoms with Crippen LogP contribution in [0.3, 0.4) is 0 Å². The molecule has 0 bridgehead atoms. The fourth-order valence-electron chi connectivity index (χ4n) is 3.34. The number of fused-ring (bicyclic) bond motifs is 1. The molecule has 0 fully saturated rings. The molecule has 2 aromatic carbocycles. The molecule has 8 heteroatoms. The summed E-state index contributed by atoms with van der Waals surface area (Å²) in [6.07, 6.45) is 1.29. The zero-order chi connectivity index (χ0) is 21.2. The molecule has 0 atom stereocenters. The zero-order valence-corrected chi connectivity index (χ0v) is 20.4. The van der Waals surface area contributed by atoms with Gasteiger partial charge in [0, 0.05) is 33.1 Å². The lowest BCUT2D eigenvalue weighted by molar-refractivity contribution is -0.131. The zero-order valence-electron chi connectivity index (χ0n) is 18.1. The van der Waals surface area contributed by atoms with E-state index in [9.17, 15) is 4.79 Å². The molecule has 1 amide bonds. The summed E-state index contributed by atoms with van der Waals surface area (Å²) in [6, 6.07) is 15.7. The molecule has 1 heterocycles. The third kappa shape index (κ3) is 7.61. The molecule has 0 aliphatic carbocycles. The van der Waals surface area contributed by atoms with Gasteiger partial charge in [-0.2, -0.15) is 0 Å². The number of carbonyl (C=O) groups is 1. The van der Waals surface area contributed by atoms with E-state index in [1.165, 1.54) is 11.1 Å². The van der Waals surface area contributed by atoms with Crippen molar-refractivity contribution in [2.24, 2.45) is 4.99 Å². The number of guanidine groups is 1. The van der Waals surface area contributed by atoms with E-state index in [2.05, 4.69) is 27.8 Å². The van der Waals surface area contributed by atoms with Gasteiger partial charge < -0.3 is 25.0 Å². The largest absolute Gasteiger partial charge is 0.497 e. The van der Waals surface area contributed by atoms with E-state index < -0.39 is 0 Å². The first-order chi connectivity index (χ1) is 14.7. The maximum Gasteiger partial charge on any atom is 0.223 e. The molecule has 31 heavy (non-hydrogen) atoms. The Morgan fingerprint density at radius 1 is 1.00 bits per heavy atom. The maximum absolute atomic E-state index is 12.4. The van der Waals surface area contributed by atoms with Crippen molar-refractivity contribution >= 4 is 35.8 Å². The van der Waals surface area contributed by atoms with Crippen LogP contribution in [0.4, 0.5) is 0 Å². The first kappa shape index (κ1) is 24.8. The Bertz CT molecular complexity index is 833. The van der Waals surface area contributed by atoms with Crippen LogP contribution < -0.4 is 20.1 Å².